The molecule has 0 spiro atoms. The van der Waals surface area contributed by atoms with Gasteiger partial charge < -0.3 is 10.2 Å². The lowest BCUT2D eigenvalue weighted by atomic mass is 10.1. The van der Waals surface area contributed by atoms with Gasteiger partial charge in [-0.2, -0.15) is 0 Å². The number of carbonyl (C=O) groups excluding carboxylic acids is 2. The molecule has 0 saturated heterocycles. The standard InChI is InChI=1S/C22H16Cl2F2N2O2/c23-18-4-2-1-3-15(18)12-28(22(30)14-5-7-16(25)8-6-14)13-21(29)27-17-9-10-20(26)19(24)11-17/h1-11H,12-13H2,(H,27,29). The first-order chi connectivity index (χ1) is 14.3. The maximum absolute atomic E-state index is 13.3. The van der Waals surface area contributed by atoms with E-state index in [9.17, 15) is 18.4 Å². The van der Waals surface area contributed by atoms with Gasteiger partial charge in [-0.1, -0.05) is 41.4 Å². The molecule has 0 aromatic heterocycles. The summed E-state index contributed by atoms with van der Waals surface area (Å²) in [5.74, 6) is -2.07. The molecular weight excluding hydrogens is 433 g/mol. The highest BCUT2D eigenvalue weighted by Gasteiger charge is 2.20. The summed E-state index contributed by atoms with van der Waals surface area (Å²) in [5.41, 5.74) is 1.16. The normalized spacial score (nSPS) is 10.5. The van der Waals surface area contributed by atoms with E-state index in [1.54, 1.807) is 24.3 Å². The van der Waals surface area contributed by atoms with Crippen molar-refractivity contribution in [3.63, 3.8) is 0 Å². The van der Waals surface area contributed by atoms with Crippen molar-refractivity contribution in [1.82, 2.24) is 4.90 Å². The molecule has 0 fully saturated rings. The Labute approximate surface area is 182 Å². The van der Waals surface area contributed by atoms with Crippen LogP contribution in [0.2, 0.25) is 10.0 Å². The Balaban J connectivity index is 1.81. The molecule has 3 aromatic carbocycles. The second kappa shape index (κ2) is 9.69. The highest BCUT2D eigenvalue weighted by Crippen LogP contribution is 2.21. The van der Waals surface area contributed by atoms with Crippen LogP contribution in [0.3, 0.4) is 0 Å². The summed E-state index contributed by atoms with van der Waals surface area (Å²) >= 11 is 11.9. The van der Waals surface area contributed by atoms with Gasteiger partial charge >= 0.3 is 0 Å². The lowest BCUT2D eigenvalue weighted by molar-refractivity contribution is -0.117. The van der Waals surface area contributed by atoms with Crippen molar-refractivity contribution in [3.05, 3.63) is 99.5 Å². The Morgan fingerprint density at radius 3 is 2.27 bits per heavy atom. The quantitative estimate of drug-likeness (QED) is 0.537. The summed E-state index contributed by atoms with van der Waals surface area (Å²) < 4.78 is 26.5. The number of carbonyl (C=O) groups is 2. The Hall–Kier alpha value is -2.96. The maximum Gasteiger partial charge on any atom is 0.254 e. The van der Waals surface area contributed by atoms with E-state index in [0.29, 0.717) is 16.3 Å². The Morgan fingerprint density at radius 1 is 0.900 bits per heavy atom. The van der Waals surface area contributed by atoms with Crippen molar-refractivity contribution < 1.29 is 18.4 Å². The third kappa shape index (κ3) is 5.55. The van der Waals surface area contributed by atoms with Gasteiger partial charge in [0.05, 0.1) is 5.02 Å². The lowest BCUT2D eigenvalue weighted by Crippen LogP contribution is -2.37. The number of halogens is 4. The molecule has 8 heteroatoms. The molecule has 30 heavy (non-hydrogen) atoms. The van der Waals surface area contributed by atoms with Crippen LogP contribution >= 0.6 is 23.2 Å². The molecule has 3 aromatic rings. The van der Waals surface area contributed by atoms with E-state index in [0.717, 1.165) is 6.07 Å². The Kier molecular flexibility index (Phi) is 7.03. The molecule has 0 radical (unpaired) electrons. The van der Waals surface area contributed by atoms with Crippen LogP contribution in [0.25, 0.3) is 0 Å². The molecule has 0 saturated carbocycles. The number of amides is 2. The van der Waals surface area contributed by atoms with Crippen LogP contribution in [0.15, 0.2) is 66.7 Å². The van der Waals surface area contributed by atoms with Gasteiger partial charge in [0.1, 0.15) is 18.2 Å². The molecule has 3 rings (SSSR count). The molecule has 0 aliphatic heterocycles. The Bertz CT molecular complexity index is 1070. The van der Waals surface area contributed by atoms with Crippen molar-refractivity contribution in [1.29, 1.82) is 0 Å². The van der Waals surface area contributed by atoms with Crippen molar-refractivity contribution >= 4 is 40.7 Å². The smallest absolute Gasteiger partial charge is 0.254 e. The molecule has 2 amide bonds. The summed E-state index contributed by atoms with van der Waals surface area (Å²) in [7, 11) is 0. The molecule has 1 N–H and O–H groups in total. The molecule has 0 atom stereocenters. The fourth-order valence-electron chi connectivity index (χ4n) is 2.75. The van der Waals surface area contributed by atoms with Crippen molar-refractivity contribution in [2.24, 2.45) is 0 Å². The van der Waals surface area contributed by atoms with E-state index in [4.69, 9.17) is 23.2 Å². The van der Waals surface area contributed by atoms with Gasteiger partial charge in [0.25, 0.3) is 5.91 Å². The van der Waals surface area contributed by atoms with E-state index in [1.165, 1.54) is 41.3 Å². The van der Waals surface area contributed by atoms with Crippen LogP contribution < -0.4 is 5.32 Å². The third-order valence-electron chi connectivity index (χ3n) is 4.24. The number of anilines is 1. The minimum Gasteiger partial charge on any atom is -0.325 e. The van der Waals surface area contributed by atoms with Gasteiger partial charge in [0, 0.05) is 22.8 Å². The van der Waals surface area contributed by atoms with E-state index in [-0.39, 0.29) is 23.7 Å². The number of hydrogen-bond acceptors (Lipinski definition) is 2. The van der Waals surface area contributed by atoms with Gasteiger partial charge in [-0.05, 0) is 54.1 Å². The molecule has 154 valence electrons. The number of hydrogen-bond donors (Lipinski definition) is 1. The minimum absolute atomic E-state index is 0.0630. The van der Waals surface area contributed by atoms with E-state index in [2.05, 4.69) is 5.32 Å². The van der Waals surface area contributed by atoms with Crippen LogP contribution in [-0.4, -0.2) is 23.3 Å². The van der Waals surface area contributed by atoms with Crippen molar-refractivity contribution in [3.8, 4) is 0 Å². The van der Waals surface area contributed by atoms with E-state index in [1.807, 2.05) is 0 Å². The van der Waals surface area contributed by atoms with Gasteiger partial charge in [0.2, 0.25) is 5.91 Å². The molecule has 0 bridgehead atoms. The van der Waals surface area contributed by atoms with Crippen LogP contribution in [0.5, 0.6) is 0 Å². The number of rotatable bonds is 6. The third-order valence-corrected chi connectivity index (χ3v) is 4.89. The van der Waals surface area contributed by atoms with Crippen LogP contribution in [0.4, 0.5) is 14.5 Å². The second-order valence-electron chi connectivity index (χ2n) is 6.44. The van der Waals surface area contributed by atoms with Crippen molar-refractivity contribution in [2.45, 2.75) is 6.54 Å². The lowest BCUT2D eigenvalue weighted by Gasteiger charge is -2.23. The highest BCUT2D eigenvalue weighted by atomic mass is 35.5. The average molecular weight is 449 g/mol. The zero-order valence-corrected chi connectivity index (χ0v) is 17.1. The maximum atomic E-state index is 13.3. The zero-order valence-electron chi connectivity index (χ0n) is 15.5. The number of nitrogens with zero attached hydrogens (tertiary/aromatic N) is 1. The average Bonchev–Trinajstić information content (AvgIpc) is 2.72. The largest absolute Gasteiger partial charge is 0.325 e. The predicted molar refractivity (Wildman–Crippen MR) is 113 cm³/mol. The predicted octanol–water partition coefficient (Wildman–Crippen LogP) is 5.55. The number of benzene rings is 3. The molecular formula is C22H16Cl2F2N2O2. The first-order valence-electron chi connectivity index (χ1n) is 8.86. The van der Waals surface area contributed by atoms with Crippen LogP contribution in [0.1, 0.15) is 15.9 Å². The summed E-state index contributed by atoms with van der Waals surface area (Å²) in [6.45, 7) is -0.246. The highest BCUT2D eigenvalue weighted by molar-refractivity contribution is 6.31. The van der Waals surface area contributed by atoms with E-state index < -0.39 is 23.4 Å². The SMILES string of the molecule is O=C(CN(Cc1ccccc1Cl)C(=O)c1ccc(F)cc1)Nc1ccc(F)c(Cl)c1. The van der Waals surface area contributed by atoms with Gasteiger partial charge in [0.15, 0.2) is 0 Å². The first kappa shape index (κ1) is 21.7. The van der Waals surface area contributed by atoms with Gasteiger partial charge in [-0.15, -0.1) is 0 Å². The zero-order chi connectivity index (χ0) is 21.7. The summed E-state index contributed by atoms with van der Waals surface area (Å²) in [6, 6.07) is 15.7. The molecule has 0 unspecified atom stereocenters. The minimum atomic E-state index is -0.610. The summed E-state index contributed by atoms with van der Waals surface area (Å²) in [4.78, 5) is 26.8. The van der Waals surface area contributed by atoms with Gasteiger partial charge in [-0.25, -0.2) is 8.78 Å². The van der Waals surface area contributed by atoms with Crippen molar-refractivity contribution in [2.75, 3.05) is 11.9 Å². The molecule has 4 nitrogen and oxygen atoms in total. The fourth-order valence-corrected chi connectivity index (χ4v) is 3.13. The summed E-state index contributed by atoms with van der Waals surface area (Å²) in [5, 5.41) is 2.89. The van der Waals surface area contributed by atoms with Crippen LogP contribution in [-0.2, 0) is 11.3 Å². The molecule has 0 aliphatic rings. The van der Waals surface area contributed by atoms with Gasteiger partial charge in [-0.3, -0.25) is 9.59 Å². The Morgan fingerprint density at radius 2 is 1.60 bits per heavy atom. The molecule has 0 heterocycles. The van der Waals surface area contributed by atoms with Crippen LogP contribution in [0, 0.1) is 11.6 Å². The fraction of sp³-hybridized carbons (Fsp3) is 0.0909. The van der Waals surface area contributed by atoms with E-state index >= 15 is 0 Å². The second-order valence-corrected chi connectivity index (χ2v) is 7.25. The monoisotopic (exact) mass is 448 g/mol. The first-order valence-corrected chi connectivity index (χ1v) is 9.62. The number of nitrogens with one attached hydrogen (secondary N) is 1. The summed E-state index contributed by atoms with van der Waals surface area (Å²) in [6.07, 6.45) is 0. The topological polar surface area (TPSA) is 49.4 Å². The molecule has 0 aliphatic carbocycles.